The maximum atomic E-state index is 12.7. The van der Waals surface area contributed by atoms with Crippen LogP contribution in [0.25, 0.3) is 0 Å². The Morgan fingerprint density at radius 2 is 1.47 bits per heavy atom. The molecule has 206 valence electrons. The van der Waals surface area contributed by atoms with Crippen LogP contribution in [0.4, 0.5) is 0 Å². The Balaban J connectivity index is 2.53. The van der Waals surface area contributed by atoms with Crippen LogP contribution in [0.1, 0.15) is 64.7 Å². The van der Waals surface area contributed by atoms with E-state index in [0.717, 1.165) is 28.4 Å². The van der Waals surface area contributed by atoms with Crippen LogP contribution in [0.3, 0.4) is 0 Å². The van der Waals surface area contributed by atoms with Gasteiger partial charge >= 0.3 is 23.0 Å². The third kappa shape index (κ3) is 12.3. The van der Waals surface area contributed by atoms with Crippen molar-refractivity contribution in [3.05, 3.63) is 43.8 Å². The van der Waals surface area contributed by atoms with Gasteiger partial charge in [-0.15, -0.1) is 0 Å². The van der Waals surface area contributed by atoms with Crippen LogP contribution in [0.2, 0.25) is 0 Å². The summed E-state index contributed by atoms with van der Waals surface area (Å²) in [5.41, 5.74) is -2.71. The highest BCUT2D eigenvalue weighted by molar-refractivity contribution is 5.69. The number of aromatic amines is 1. The summed E-state index contributed by atoms with van der Waals surface area (Å²) in [6, 6.07) is 0. The zero-order chi connectivity index (χ0) is 26.9. The molecule has 0 amide bonds. The van der Waals surface area contributed by atoms with E-state index >= 15 is 0 Å². The normalized spacial score (nSPS) is 12.8. The van der Waals surface area contributed by atoms with Gasteiger partial charge in [-0.25, -0.2) is 23.5 Å². The molecule has 0 aliphatic heterocycles. The summed E-state index contributed by atoms with van der Waals surface area (Å²) in [7, 11) is 1.44. The predicted molar refractivity (Wildman–Crippen MR) is 133 cm³/mol. The number of rotatable bonds is 20. The van der Waals surface area contributed by atoms with E-state index in [1.807, 2.05) is 4.98 Å². The molecule has 2 atom stereocenters. The van der Waals surface area contributed by atoms with E-state index in [1.165, 1.54) is 26.4 Å². The molecule has 12 nitrogen and oxygen atoms in total. The second kappa shape index (κ2) is 17.7. The Morgan fingerprint density at radius 3 is 2.11 bits per heavy atom. The van der Waals surface area contributed by atoms with E-state index in [4.69, 9.17) is 14.2 Å². The SMILES string of the molecule is C=C(CCn1c(=O)[nH]c(=O)n(CCC(=O)OCC(O)CCCCCCCC)c1=O)OCC(O)COC. The van der Waals surface area contributed by atoms with E-state index in [2.05, 4.69) is 13.5 Å². The summed E-state index contributed by atoms with van der Waals surface area (Å²) in [6.07, 6.45) is 5.25. The summed E-state index contributed by atoms with van der Waals surface area (Å²) in [5.74, 6) is -0.435. The number of H-pyrrole nitrogens is 1. The molecule has 0 aromatic carbocycles. The van der Waals surface area contributed by atoms with Gasteiger partial charge in [-0.1, -0.05) is 52.0 Å². The summed E-state index contributed by atoms with van der Waals surface area (Å²) in [4.78, 5) is 50.9. The number of esters is 1. The first-order valence-electron chi connectivity index (χ1n) is 12.4. The number of nitrogens with zero attached hydrogens (tertiary/aromatic N) is 2. The molecule has 0 radical (unpaired) electrons. The van der Waals surface area contributed by atoms with E-state index in [9.17, 15) is 29.4 Å². The Kier molecular flexibility index (Phi) is 15.4. The lowest BCUT2D eigenvalue weighted by Gasteiger charge is -2.14. The van der Waals surface area contributed by atoms with Crippen LogP contribution in [-0.2, 0) is 32.1 Å². The van der Waals surface area contributed by atoms with Gasteiger partial charge in [0.2, 0.25) is 0 Å². The summed E-state index contributed by atoms with van der Waals surface area (Å²) in [5, 5.41) is 19.6. The Hall–Kier alpha value is -2.70. The number of unbranched alkanes of at least 4 members (excludes halogenated alkanes) is 5. The van der Waals surface area contributed by atoms with Gasteiger partial charge in [-0.3, -0.25) is 9.78 Å². The number of hydrogen-bond donors (Lipinski definition) is 3. The number of aliphatic hydroxyl groups excluding tert-OH is 2. The molecule has 0 saturated carbocycles. The zero-order valence-corrected chi connectivity index (χ0v) is 21.4. The lowest BCUT2D eigenvalue weighted by molar-refractivity contribution is -0.147. The molecule has 2 unspecified atom stereocenters. The highest BCUT2D eigenvalue weighted by Gasteiger charge is 2.14. The van der Waals surface area contributed by atoms with Gasteiger partial charge in [0.1, 0.15) is 19.3 Å². The van der Waals surface area contributed by atoms with Crippen molar-refractivity contribution in [1.29, 1.82) is 0 Å². The van der Waals surface area contributed by atoms with Gasteiger partial charge in [-0.05, 0) is 6.42 Å². The molecule has 1 rings (SSSR count). The molecule has 1 heterocycles. The number of carbonyl (C=O) groups is 1. The number of nitrogens with one attached hydrogen (secondary N) is 1. The minimum absolute atomic E-state index is 0.0623. The summed E-state index contributed by atoms with van der Waals surface area (Å²) in [6.45, 7) is 5.28. The smallest absolute Gasteiger partial charge is 0.336 e. The van der Waals surface area contributed by atoms with Crippen molar-refractivity contribution in [2.75, 3.05) is 26.9 Å². The second-order valence-corrected chi connectivity index (χ2v) is 8.67. The van der Waals surface area contributed by atoms with Crippen LogP contribution < -0.4 is 17.1 Å². The van der Waals surface area contributed by atoms with Gasteiger partial charge < -0.3 is 24.4 Å². The van der Waals surface area contributed by atoms with Gasteiger partial charge in [0.05, 0.1) is 24.9 Å². The molecule has 36 heavy (non-hydrogen) atoms. The topological polar surface area (TPSA) is 162 Å². The Bertz CT molecular complexity index is 967. The fourth-order valence-corrected chi connectivity index (χ4v) is 3.41. The molecular formula is C24H41N3O9. The molecule has 0 aliphatic carbocycles. The van der Waals surface area contributed by atoms with Crippen molar-refractivity contribution in [2.45, 2.75) is 90.0 Å². The Morgan fingerprint density at radius 1 is 0.889 bits per heavy atom. The number of aliphatic hydroxyl groups is 2. The van der Waals surface area contributed by atoms with Gasteiger partial charge in [0, 0.05) is 26.6 Å². The van der Waals surface area contributed by atoms with E-state index in [0.29, 0.717) is 6.42 Å². The molecule has 3 N–H and O–H groups in total. The molecule has 0 aliphatic rings. The Labute approximate surface area is 210 Å². The third-order valence-corrected chi connectivity index (χ3v) is 5.49. The monoisotopic (exact) mass is 515 g/mol. The van der Waals surface area contributed by atoms with Crippen LogP contribution in [0.15, 0.2) is 26.7 Å². The van der Waals surface area contributed by atoms with Gasteiger partial charge in [0.25, 0.3) is 0 Å². The first kappa shape index (κ1) is 31.3. The summed E-state index contributed by atoms with van der Waals surface area (Å²) < 4.78 is 16.7. The minimum atomic E-state index is -0.935. The van der Waals surface area contributed by atoms with Crippen molar-refractivity contribution in [3.63, 3.8) is 0 Å². The minimum Gasteiger partial charge on any atom is -0.496 e. The fourth-order valence-electron chi connectivity index (χ4n) is 3.41. The maximum absolute atomic E-state index is 12.7. The van der Waals surface area contributed by atoms with Crippen LogP contribution in [0, 0.1) is 0 Å². The van der Waals surface area contributed by atoms with Gasteiger partial charge in [-0.2, -0.15) is 0 Å². The fraction of sp³-hybridized carbons (Fsp3) is 0.750. The zero-order valence-electron chi connectivity index (χ0n) is 21.4. The predicted octanol–water partition coefficient (Wildman–Crippen LogP) is 0.671. The largest absolute Gasteiger partial charge is 0.496 e. The molecular weight excluding hydrogens is 474 g/mol. The number of ether oxygens (including phenoxy) is 3. The van der Waals surface area contributed by atoms with Crippen LogP contribution in [0.5, 0.6) is 0 Å². The van der Waals surface area contributed by atoms with Crippen molar-refractivity contribution < 1.29 is 29.2 Å². The molecule has 1 aromatic rings. The van der Waals surface area contributed by atoms with Gasteiger partial charge in [0.15, 0.2) is 0 Å². The lowest BCUT2D eigenvalue weighted by atomic mass is 10.1. The maximum Gasteiger partial charge on any atom is 0.336 e. The quantitative estimate of drug-likeness (QED) is 0.129. The number of carbonyl (C=O) groups excluding carboxylic acids is 1. The van der Waals surface area contributed by atoms with E-state index in [1.54, 1.807) is 0 Å². The van der Waals surface area contributed by atoms with Crippen molar-refractivity contribution in [3.8, 4) is 0 Å². The van der Waals surface area contributed by atoms with Crippen molar-refractivity contribution in [1.82, 2.24) is 14.1 Å². The van der Waals surface area contributed by atoms with Crippen molar-refractivity contribution in [2.24, 2.45) is 0 Å². The van der Waals surface area contributed by atoms with Crippen molar-refractivity contribution >= 4 is 5.97 Å². The number of allylic oxidation sites excluding steroid dienone is 1. The lowest BCUT2D eigenvalue weighted by Crippen LogP contribution is -2.49. The standard InChI is InChI=1S/C24H41N3O9/c1-4-5-6-7-8-9-10-19(28)16-36-21(30)12-14-27-23(32)25-22(31)26(24(27)33)13-11-18(2)35-17-20(29)15-34-3/h19-20,28-29H,2,4-17H2,1,3H3,(H,25,31,32). The van der Waals surface area contributed by atoms with Crippen LogP contribution >= 0.6 is 0 Å². The van der Waals surface area contributed by atoms with Crippen LogP contribution in [-0.4, -0.2) is 69.4 Å². The third-order valence-electron chi connectivity index (χ3n) is 5.49. The number of methoxy groups -OCH3 is 1. The molecule has 0 fully saturated rings. The molecule has 0 saturated heterocycles. The first-order valence-corrected chi connectivity index (χ1v) is 12.4. The average molecular weight is 516 g/mol. The summed E-state index contributed by atoms with van der Waals surface area (Å²) >= 11 is 0. The van der Waals surface area contributed by atoms with E-state index in [-0.39, 0.29) is 51.5 Å². The second-order valence-electron chi connectivity index (χ2n) is 8.67. The number of hydrogen-bond acceptors (Lipinski definition) is 9. The molecule has 1 aromatic heterocycles. The average Bonchev–Trinajstić information content (AvgIpc) is 2.83. The highest BCUT2D eigenvalue weighted by atomic mass is 16.5. The highest BCUT2D eigenvalue weighted by Crippen LogP contribution is 2.09. The molecule has 0 spiro atoms. The van der Waals surface area contributed by atoms with E-state index < -0.39 is 35.2 Å². The molecule has 0 bridgehead atoms. The first-order chi connectivity index (χ1) is 17.2. The number of aromatic nitrogens is 3. The molecule has 12 heteroatoms.